The summed E-state index contributed by atoms with van der Waals surface area (Å²) in [6.07, 6.45) is 0. The number of benzene rings is 1. The fourth-order valence-electron chi connectivity index (χ4n) is 1.04. The minimum atomic E-state index is -0.524. The minimum absolute atomic E-state index is 0.0503. The Morgan fingerprint density at radius 3 is 2.62 bits per heavy atom. The summed E-state index contributed by atoms with van der Waals surface area (Å²) in [7, 11) is 3.07. The second-order valence-corrected chi connectivity index (χ2v) is 2.50. The maximum Gasteiger partial charge on any atom is 0.254 e. The van der Waals surface area contributed by atoms with E-state index in [1.165, 1.54) is 13.1 Å². The summed E-state index contributed by atoms with van der Waals surface area (Å²) in [6, 6.07) is 4.64. The van der Waals surface area contributed by atoms with Crippen molar-refractivity contribution in [1.29, 1.82) is 0 Å². The van der Waals surface area contributed by atoms with Gasteiger partial charge in [-0.05, 0) is 12.1 Å². The van der Waals surface area contributed by atoms with Gasteiger partial charge in [0.15, 0.2) is 5.82 Å². The molecule has 3 nitrogen and oxygen atoms in total. The van der Waals surface area contributed by atoms with Crippen molar-refractivity contribution in [2.75, 3.05) is 19.4 Å². The molecule has 0 saturated carbocycles. The van der Waals surface area contributed by atoms with Crippen LogP contribution in [0, 0.1) is 5.82 Å². The van der Waals surface area contributed by atoms with E-state index in [1.54, 1.807) is 19.2 Å². The molecule has 0 saturated heterocycles. The highest BCUT2D eigenvalue weighted by Crippen LogP contribution is 2.16. The van der Waals surface area contributed by atoms with Gasteiger partial charge in [-0.1, -0.05) is 6.07 Å². The number of carbonyl (C=O) groups excluding carboxylic acids is 1. The molecule has 0 fully saturated rings. The fourth-order valence-corrected chi connectivity index (χ4v) is 1.04. The van der Waals surface area contributed by atoms with E-state index in [0.29, 0.717) is 5.69 Å². The molecule has 0 aliphatic carbocycles. The Morgan fingerprint density at radius 2 is 2.08 bits per heavy atom. The lowest BCUT2D eigenvalue weighted by Gasteiger charge is -2.05. The third-order valence-electron chi connectivity index (χ3n) is 1.74. The van der Waals surface area contributed by atoms with Crippen molar-refractivity contribution in [1.82, 2.24) is 5.32 Å². The van der Waals surface area contributed by atoms with Crippen molar-refractivity contribution in [3.63, 3.8) is 0 Å². The molecule has 0 aliphatic rings. The van der Waals surface area contributed by atoms with Gasteiger partial charge in [-0.15, -0.1) is 0 Å². The number of nitrogens with one attached hydrogen (secondary N) is 2. The zero-order chi connectivity index (χ0) is 9.84. The van der Waals surface area contributed by atoms with Crippen LogP contribution in [0.1, 0.15) is 10.4 Å². The Hall–Kier alpha value is -1.58. The van der Waals surface area contributed by atoms with Crippen molar-refractivity contribution in [2.24, 2.45) is 0 Å². The summed E-state index contributed by atoms with van der Waals surface area (Å²) in [4.78, 5) is 11.1. The van der Waals surface area contributed by atoms with Crippen molar-refractivity contribution in [3.05, 3.63) is 29.6 Å². The third-order valence-corrected chi connectivity index (χ3v) is 1.74. The molecule has 13 heavy (non-hydrogen) atoms. The number of carbonyl (C=O) groups is 1. The molecule has 1 amide bonds. The van der Waals surface area contributed by atoms with Gasteiger partial charge in [0, 0.05) is 14.1 Å². The zero-order valence-corrected chi connectivity index (χ0v) is 7.52. The summed E-state index contributed by atoms with van der Waals surface area (Å²) in [5, 5.41) is 5.03. The number of hydrogen-bond donors (Lipinski definition) is 2. The van der Waals surface area contributed by atoms with Crippen LogP contribution >= 0.6 is 0 Å². The van der Waals surface area contributed by atoms with Gasteiger partial charge in [0.05, 0.1) is 11.3 Å². The number of hydrogen-bond acceptors (Lipinski definition) is 2. The highest BCUT2D eigenvalue weighted by atomic mass is 19.1. The van der Waals surface area contributed by atoms with Crippen molar-refractivity contribution >= 4 is 11.6 Å². The standard InChI is InChI=1S/C9H11FN2O/c1-11-7-5-3-4-6(8(7)10)9(13)12-2/h3-5,11H,1-2H3,(H,12,13). The van der Waals surface area contributed by atoms with Gasteiger partial charge in [-0.2, -0.15) is 0 Å². The van der Waals surface area contributed by atoms with Gasteiger partial charge in [0.1, 0.15) is 0 Å². The molecule has 0 unspecified atom stereocenters. The normalized spacial score (nSPS) is 9.46. The first-order valence-electron chi connectivity index (χ1n) is 3.89. The Bertz CT molecular complexity index is 325. The maximum absolute atomic E-state index is 13.4. The van der Waals surface area contributed by atoms with E-state index in [2.05, 4.69) is 10.6 Å². The van der Waals surface area contributed by atoms with Gasteiger partial charge in [-0.3, -0.25) is 4.79 Å². The molecule has 0 bridgehead atoms. The second kappa shape index (κ2) is 3.89. The number of halogens is 1. The van der Waals surface area contributed by atoms with E-state index in [4.69, 9.17) is 0 Å². The molecule has 0 aliphatic heterocycles. The lowest BCUT2D eigenvalue weighted by molar-refractivity contribution is 0.0959. The average Bonchev–Trinajstić information content (AvgIpc) is 2.17. The van der Waals surface area contributed by atoms with Crippen LogP contribution in [0.5, 0.6) is 0 Å². The van der Waals surface area contributed by atoms with Crippen molar-refractivity contribution < 1.29 is 9.18 Å². The molecule has 0 heterocycles. The van der Waals surface area contributed by atoms with Crippen LogP contribution in [0.15, 0.2) is 18.2 Å². The SMILES string of the molecule is CNC(=O)c1cccc(NC)c1F. The first-order valence-corrected chi connectivity index (χ1v) is 3.89. The van der Waals surface area contributed by atoms with E-state index in [9.17, 15) is 9.18 Å². The van der Waals surface area contributed by atoms with Crippen LogP contribution in [0.3, 0.4) is 0 Å². The maximum atomic E-state index is 13.4. The summed E-state index contributed by atoms with van der Waals surface area (Å²) in [6.45, 7) is 0. The molecular formula is C9H11FN2O. The van der Waals surface area contributed by atoms with Crippen molar-refractivity contribution in [3.8, 4) is 0 Å². The first kappa shape index (κ1) is 9.51. The number of anilines is 1. The van der Waals surface area contributed by atoms with Gasteiger partial charge < -0.3 is 10.6 Å². The highest BCUT2D eigenvalue weighted by Gasteiger charge is 2.12. The Kier molecular flexibility index (Phi) is 2.84. The highest BCUT2D eigenvalue weighted by molar-refractivity contribution is 5.95. The van der Waals surface area contributed by atoms with Gasteiger partial charge >= 0.3 is 0 Å². The van der Waals surface area contributed by atoms with Gasteiger partial charge in [-0.25, -0.2) is 4.39 Å². The minimum Gasteiger partial charge on any atom is -0.386 e. The van der Waals surface area contributed by atoms with Gasteiger partial charge in [0.2, 0.25) is 0 Å². The average molecular weight is 182 g/mol. The largest absolute Gasteiger partial charge is 0.386 e. The van der Waals surface area contributed by atoms with Crippen molar-refractivity contribution in [2.45, 2.75) is 0 Å². The third kappa shape index (κ3) is 1.77. The summed E-state index contributed by atoms with van der Waals surface area (Å²) in [5.74, 6) is -0.945. The topological polar surface area (TPSA) is 41.1 Å². The molecule has 1 aromatic rings. The smallest absolute Gasteiger partial charge is 0.254 e. The van der Waals surface area contributed by atoms with Crippen LogP contribution in [-0.2, 0) is 0 Å². The molecule has 4 heteroatoms. The second-order valence-electron chi connectivity index (χ2n) is 2.50. The quantitative estimate of drug-likeness (QED) is 0.722. The van der Waals surface area contributed by atoms with Crippen LogP contribution in [0.25, 0.3) is 0 Å². The molecular weight excluding hydrogens is 171 g/mol. The van der Waals surface area contributed by atoms with Crippen LogP contribution in [0.4, 0.5) is 10.1 Å². The molecule has 0 radical (unpaired) electrons. The van der Waals surface area contributed by atoms with E-state index in [1.807, 2.05) is 0 Å². The molecule has 0 aromatic heterocycles. The predicted octanol–water partition coefficient (Wildman–Crippen LogP) is 1.23. The van der Waals surface area contributed by atoms with Crippen LogP contribution in [0.2, 0.25) is 0 Å². The Balaban J connectivity index is 3.15. The van der Waals surface area contributed by atoms with Crippen LogP contribution < -0.4 is 10.6 Å². The molecule has 0 spiro atoms. The zero-order valence-electron chi connectivity index (χ0n) is 7.52. The molecule has 0 atom stereocenters. The summed E-state index contributed by atoms with van der Waals surface area (Å²) < 4.78 is 13.4. The number of amides is 1. The lowest BCUT2D eigenvalue weighted by atomic mass is 10.1. The van der Waals surface area contributed by atoms with E-state index < -0.39 is 11.7 Å². The lowest BCUT2D eigenvalue weighted by Crippen LogP contribution is -2.19. The summed E-state index contributed by atoms with van der Waals surface area (Å²) in [5.41, 5.74) is 0.371. The van der Waals surface area contributed by atoms with E-state index in [-0.39, 0.29) is 5.56 Å². The fraction of sp³-hybridized carbons (Fsp3) is 0.222. The monoisotopic (exact) mass is 182 g/mol. The van der Waals surface area contributed by atoms with E-state index >= 15 is 0 Å². The first-order chi connectivity index (χ1) is 6.20. The summed E-state index contributed by atoms with van der Waals surface area (Å²) >= 11 is 0. The van der Waals surface area contributed by atoms with E-state index in [0.717, 1.165) is 0 Å². The predicted molar refractivity (Wildman–Crippen MR) is 49.3 cm³/mol. The Labute approximate surface area is 76.0 Å². The molecule has 70 valence electrons. The van der Waals surface area contributed by atoms with Crippen LogP contribution in [-0.4, -0.2) is 20.0 Å². The Morgan fingerprint density at radius 1 is 1.38 bits per heavy atom. The number of rotatable bonds is 2. The molecule has 1 rings (SSSR count). The molecule has 1 aromatic carbocycles. The van der Waals surface area contributed by atoms with Gasteiger partial charge in [0.25, 0.3) is 5.91 Å². The molecule has 2 N–H and O–H groups in total.